The fraction of sp³-hybridized carbons (Fsp3) is 0.429. The van der Waals surface area contributed by atoms with Gasteiger partial charge in [0.25, 0.3) is 5.91 Å². The highest BCUT2D eigenvalue weighted by Gasteiger charge is 2.32. The molecule has 1 aliphatic carbocycles. The van der Waals surface area contributed by atoms with E-state index in [1.54, 1.807) is 19.2 Å². The molecule has 1 saturated heterocycles. The van der Waals surface area contributed by atoms with Gasteiger partial charge in [0.2, 0.25) is 0 Å². The first kappa shape index (κ1) is 24.1. The Bertz CT molecular complexity index is 1370. The van der Waals surface area contributed by atoms with E-state index in [-0.39, 0.29) is 23.6 Å². The number of amides is 1. The number of nitrogens with one attached hydrogen (secondary N) is 2. The molecule has 186 valence electrons. The fourth-order valence-corrected chi connectivity index (χ4v) is 5.28. The van der Waals surface area contributed by atoms with Crippen LogP contribution in [-0.2, 0) is 0 Å². The summed E-state index contributed by atoms with van der Waals surface area (Å²) in [6, 6.07) is 8.16. The minimum Gasteiger partial charge on any atom is -0.367 e. The number of piperazine rings is 1. The van der Waals surface area contributed by atoms with Crippen molar-refractivity contribution in [3.8, 4) is 6.07 Å². The minimum atomic E-state index is -0.502. The number of hydrogen-bond acceptors (Lipinski definition) is 6. The lowest BCUT2D eigenvalue weighted by Crippen LogP contribution is -2.54. The number of hydrogen-bond donors (Lipinski definition) is 2. The average molecular weight is 487 g/mol. The molecule has 1 aliphatic heterocycles. The minimum absolute atomic E-state index is 0.221. The first-order valence-electron chi connectivity index (χ1n) is 12.6. The van der Waals surface area contributed by atoms with E-state index in [0.717, 1.165) is 53.9 Å². The van der Waals surface area contributed by atoms with Crippen LogP contribution in [0.4, 0.5) is 10.1 Å². The zero-order valence-electron chi connectivity index (χ0n) is 21.1. The van der Waals surface area contributed by atoms with Gasteiger partial charge in [0, 0.05) is 48.4 Å². The van der Waals surface area contributed by atoms with Crippen LogP contribution < -0.4 is 15.5 Å². The molecule has 0 unspecified atom stereocenters. The second-order valence-electron chi connectivity index (χ2n) is 10.3. The van der Waals surface area contributed by atoms with Crippen LogP contribution in [0, 0.1) is 24.1 Å². The molecule has 3 atom stereocenters. The van der Waals surface area contributed by atoms with Gasteiger partial charge >= 0.3 is 0 Å². The SMILES string of the molecule is Cc1cc2c(N3C[C@@H](C)N[C@@H](C)C3)c(C(=O)N[C@@H](C)c3cc(F)cc(C#N)c3)cnc2c(C2CC2)n1. The molecule has 1 saturated carbocycles. The Labute approximate surface area is 210 Å². The van der Waals surface area contributed by atoms with Crippen molar-refractivity contribution in [2.24, 2.45) is 0 Å². The number of anilines is 1. The number of carbonyl (C=O) groups is 1. The van der Waals surface area contributed by atoms with Gasteiger partial charge in [0.15, 0.2) is 0 Å². The fourth-order valence-electron chi connectivity index (χ4n) is 5.28. The van der Waals surface area contributed by atoms with E-state index in [9.17, 15) is 14.4 Å². The van der Waals surface area contributed by atoms with Crippen LogP contribution in [-0.4, -0.2) is 41.0 Å². The quantitative estimate of drug-likeness (QED) is 0.551. The highest BCUT2D eigenvalue weighted by molar-refractivity contribution is 6.08. The predicted molar refractivity (Wildman–Crippen MR) is 138 cm³/mol. The van der Waals surface area contributed by atoms with E-state index in [4.69, 9.17) is 9.97 Å². The number of nitrogens with zero attached hydrogens (tertiary/aromatic N) is 4. The van der Waals surface area contributed by atoms with Gasteiger partial charge in [-0.05, 0) is 70.4 Å². The van der Waals surface area contributed by atoms with Crippen LogP contribution >= 0.6 is 0 Å². The maximum Gasteiger partial charge on any atom is 0.255 e. The van der Waals surface area contributed by atoms with Gasteiger partial charge in [-0.25, -0.2) is 4.39 Å². The number of nitriles is 1. The maximum atomic E-state index is 14.0. The lowest BCUT2D eigenvalue weighted by atomic mass is 10.0. The Kier molecular flexibility index (Phi) is 6.35. The Hall–Kier alpha value is -3.57. The van der Waals surface area contributed by atoms with Crippen LogP contribution in [0.1, 0.15) is 78.4 Å². The van der Waals surface area contributed by atoms with Gasteiger partial charge in [-0.15, -0.1) is 0 Å². The summed E-state index contributed by atoms with van der Waals surface area (Å²) in [5.41, 5.74) is 4.92. The molecule has 5 rings (SSSR count). The van der Waals surface area contributed by atoms with Crippen LogP contribution in [0.3, 0.4) is 0 Å². The van der Waals surface area contributed by atoms with Crippen molar-refractivity contribution in [2.45, 2.75) is 64.6 Å². The summed E-state index contributed by atoms with van der Waals surface area (Å²) in [5, 5.41) is 16.7. The van der Waals surface area contributed by atoms with Crippen molar-refractivity contribution in [3.63, 3.8) is 0 Å². The number of rotatable bonds is 5. The molecule has 3 aromatic rings. The van der Waals surface area contributed by atoms with Gasteiger partial charge in [0.1, 0.15) is 5.82 Å². The van der Waals surface area contributed by atoms with Crippen molar-refractivity contribution < 1.29 is 9.18 Å². The lowest BCUT2D eigenvalue weighted by molar-refractivity contribution is 0.0940. The largest absolute Gasteiger partial charge is 0.367 e. The van der Waals surface area contributed by atoms with E-state index in [2.05, 4.69) is 29.4 Å². The molecule has 1 amide bonds. The predicted octanol–water partition coefficient (Wildman–Crippen LogP) is 4.50. The van der Waals surface area contributed by atoms with E-state index < -0.39 is 11.9 Å². The zero-order chi connectivity index (χ0) is 25.6. The van der Waals surface area contributed by atoms with Crippen molar-refractivity contribution in [1.82, 2.24) is 20.6 Å². The first-order chi connectivity index (χ1) is 17.2. The number of halogens is 1. The average Bonchev–Trinajstić information content (AvgIpc) is 3.67. The third-order valence-electron chi connectivity index (χ3n) is 6.96. The maximum absolute atomic E-state index is 14.0. The summed E-state index contributed by atoms with van der Waals surface area (Å²) in [6.07, 6.45) is 3.89. The first-order valence-corrected chi connectivity index (χ1v) is 12.6. The van der Waals surface area contributed by atoms with Gasteiger partial charge in [-0.3, -0.25) is 14.8 Å². The van der Waals surface area contributed by atoms with Crippen molar-refractivity contribution in [1.29, 1.82) is 5.26 Å². The van der Waals surface area contributed by atoms with Crippen LogP contribution in [0.15, 0.2) is 30.5 Å². The molecule has 2 aliphatic rings. The summed E-state index contributed by atoms with van der Waals surface area (Å²) in [7, 11) is 0. The molecule has 3 heterocycles. The molecule has 7 nitrogen and oxygen atoms in total. The third kappa shape index (κ3) is 4.76. The molecule has 1 aromatic carbocycles. The molecule has 2 N–H and O–H groups in total. The summed E-state index contributed by atoms with van der Waals surface area (Å²) in [4.78, 5) is 25.5. The molecular formula is C28H31FN6O. The molecule has 36 heavy (non-hydrogen) atoms. The Balaban J connectivity index is 1.58. The van der Waals surface area contributed by atoms with Crippen molar-refractivity contribution in [3.05, 3.63) is 64.4 Å². The van der Waals surface area contributed by atoms with Crippen molar-refractivity contribution >= 4 is 22.5 Å². The molecule has 0 bridgehead atoms. The standard InChI is InChI=1S/C28H31FN6O/c1-15-7-23-26(25(33-15)20-5-6-20)31-12-24(27(23)35-13-16(2)32-17(3)14-35)28(36)34-18(4)21-8-19(11-30)9-22(29)10-21/h7-10,12,16-18,20,32H,5-6,13-14H2,1-4H3,(H,34,36)/t16-,17+,18-/m0/s1. The Morgan fingerprint density at radius 3 is 2.61 bits per heavy atom. The zero-order valence-corrected chi connectivity index (χ0v) is 21.1. The molecule has 2 aromatic heterocycles. The van der Waals surface area contributed by atoms with Crippen LogP contribution in [0.5, 0.6) is 0 Å². The Morgan fingerprint density at radius 2 is 1.94 bits per heavy atom. The van der Waals surface area contributed by atoms with Gasteiger partial charge in [-0.2, -0.15) is 5.26 Å². The molecule has 0 radical (unpaired) electrons. The monoisotopic (exact) mass is 486 g/mol. The van der Waals surface area contributed by atoms with Crippen LogP contribution in [0.25, 0.3) is 10.9 Å². The van der Waals surface area contributed by atoms with Gasteiger partial charge in [-0.1, -0.05) is 0 Å². The third-order valence-corrected chi connectivity index (χ3v) is 6.96. The molecule has 8 heteroatoms. The van der Waals surface area contributed by atoms with Gasteiger partial charge < -0.3 is 15.5 Å². The summed E-state index contributed by atoms with van der Waals surface area (Å²) < 4.78 is 14.0. The number of aromatic nitrogens is 2. The number of benzene rings is 1. The number of carbonyl (C=O) groups excluding carboxylic acids is 1. The Morgan fingerprint density at radius 1 is 1.22 bits per heavy atom. The highest BCUT2D eigenvalue weighted by Crippen LogP contribution is 2.43. The summed E-state index contributed by atoms with van der Waals surface area (Å²) >= 11 is 0. The van der Waals surface area contributed by atoms with Crippen molar-refractivity contribution in [2.75, 3.05) is 18.0 Å². The molecule has 2 fully saturated rings. The smallest absolute Gasteiger partial charge is 0.255 e. The van der Waals surface area contributed by atoms with Gasteiger partial charge in [0.05, 0.1) is 40.1 Å². The lowest BCUT2D eigenvalue weighted by Gasteiger charge is -2.39. The van der Waals surface area contributed by atoms with E-state index >= 15 is 0 Å². The second kappa shape index (κ2) is 9.47. The topological polar surface area (TPSA) is 93.9 Å². The molecule has 0 spiro atoms. The highest BCUT2D eigenvalue weighted by atomic mass is 19.1. The number of pyridine rings is 2. The summed E-state index contributed by atoms with van der Waals surface area (Å²) in [6.45, 7) is 9.59. The number of aryl methyl sites for hydroxylation is 1. The van der Waals surface area contributed by atoms with E-state index in [1.165, 1.54) is 12.1 Å². The van der Waals surface area contributed by atoms with Crippen LogP contribution in [0.2, 0.25) is 0 Å². The summed E-state index contributed by atoms with van der Waals surface area (Å²) in [5.74, 6) is -0.357. The van der Waals surface area contributed by atoms with E-state index in [1.807, 2.05) is 19.1 Å². The second-order valence-corrected chi connectivity index (χ2v) is 10.3. The normalized spacial score (nSPS) is 20.7. The van der Waals surface area contributed by atoms with E-state index in [0.29, 0.717) is 17.0 Å². The molecular weight excluding hydrogens is 455 g/mol. The number of fused-ring (bicyclic) bond motifs is 1.